The van der Waals surface area contributed by atoms with Crippen LogP contribution in [0.1, 0.15) is 30.1 Å². The summed E-state index contributed by atoms with van der Waals surface area (Å²) in [6.07, 6.45) is 1.51. The predicted molar refractivity (Wildman–Crippen MR) is 72.1 cm³/mol. The van der Waals surface area contributed by atoms with E-state index < -0.39 is 23.5 Å². The van der Waals surface area contributed by atoms with Gasteiger partial charge in [0.2, 0.25) is 0 Å². The summed E-state index contributed by atoms with van der Waals surface area (Å²) < 4.78 is 31.1. The summed E-state index contributed by atoms with van der Waals surface area (Å²) in [6, 6.07) is 1.41. The maximum atomic E-state index is 13.3. The number of carbonyl (C=O) groups excluding carboxylic acids is 2. The first-order valence-corrected chi connectivity index (χ1v) is 6.93. The molecule has 0 unspecified atom stereocenters. The summed E-state index contributed by atoms with van der Waals surface area (Å²) in [4.78, 5) is 25.2. The van der Waals surface area contributed by atoms with Gasteiger partial charge in [0.05, 0.1) is 17.2 Å². The molecule has 0 saturated heterocycles. The second-order valence-electron chi connectivity index (χ2n) is 4.72. The van der Waals surface area contributed by atoms with Crippen LogP contribution in [0.2, 0.25) is 5.02 Å². The first-order chi connectivity index (χ1) is 9.93. The van der Waals surface area contributed by atoms with Crippen molar-refractivity contribution in [1.29, 1.82) is 0 Å². The minimum atomic E-state index is -1.16. The average Bonchev–Trinajstić information content (AvgIpc) is 3.24. The fourth-order valence-electron chi connectivity index (χ4n) is 1.94. The van der Waals surface area contributed by atoms with Crippen molar-refractivity contribution in [2.24, 2.45) is 0 Å². The third-order valence-corrected chi connectivity index (χ3v) is 3.41. The molecule has 0 radical (unpaired) electrons. The summed E-state index contributed by atoms with van der Waals surface area (Å²) in [5, 5.41) is -0.187. The zero-order valence-electron chi connectivity index (χ0n) is 11.4. The van der Waals surface area contributed by atoms with Crippen molar-refractivity contribution in [3.05, 3.63) is 34.4 Å². The first-order valence-electron chi connectivity index (χ1n) is 6.55. The lowest BCUT2D eigenvalue weighted by Gasteiger charge is -2.22. The molecule has 7 heteroatoms. The Bertz CT molecular complexity index is 576. The van der Waals surface area contributed by atoms with Crippen molar-refractivity contribution in [2.45, 2.75) is 25.8 Å². The number of amides is 1. The lowest BCUT2D eigenvalue weighted by molar-refractivity contribution is -0.144. The number of benzene rings is 1. The zero-order valence-corrected chi connectivity index (χ0v) is 12.1. The van der Waals surface area contributed by atoms with Crippen molar-refractivity contribution in [2.75, 3.05) is 13.2 Å². The Morgan fingerprint density at radius 2 is 1.95 bits per heavy atom. The number of halogens is 3. The highest BCUT2D eigenvalue weighted by molar-refractivity contribution is 6.33. The SMILES string of the molecule is CCOC(=O)CN(C(=O)c1cc(F)c(F)cc1Cl)C1CC1. The third kappa shape index (κ3) is 3.69. The van der Waals surface area contributed by atoms with Crippen LogP contribution < -0.4 is 0 Å². The summed E-state index contributed by atoms with van der Waals surface area (Å²) >= 11 is 5.79. The Kier molecular flexibility index (Phi) is 4.77. The molecule has 0 N–H and O–H groups in total. The maximum Gasteiger partial charge on any atom is 0.325 e. The predicted octanol–water partition coefficient (Wildman–Crippen LogP) is 2.79. The molecule has 1 aliphatic carbocycles. The molecule has 0 bridgehead atoms. The van der Waals surface area contributed by atoms with E-state index in [2.05, 4.69) is 0 Å². The van der Waals surface area contributed by atoms with E-state index in [1.165, 1.54) is 4.90 Å². The van der Waals surface area contributed by atoms with E-state index in [-0.39, 0.29) is 29.8 Å². The van der Waals surface area contributed by atoms with E-state index in [1.54, 1.807) is 6.92 Å². The van der Waals surface area contributed by atoms with Crippen LogP contribution in [0.5, 0.6) is 0 Å². The molecule has 1 aliphatic rings. The van der Waals surface area contributed by atoms with Crippen LogP contribution >= 0.6 is 11.6 Å². The monoisotopic (exact) mass is 317 g/mol. The minimum absolute atomic E-state index is 0.0916. The lowest BCUT2D eigenvalue weighted by atomic mass is 10.1. The van der Waals surface area contributed by atoms with Crippen LogP contribution in [0.4, 0.5) is 8.78 Å². The molecule has 1 aromatic carbocycles. The summed E-state index contributed by atoms with van der Waals surface area (Å²) in [5.41, 5.74) is -0.160. The van der Waals surface area contributed by atoms with Crippen molar-refractivity contribution < 1.29 is 23.1 Å². The molecular formula is C14H14ClF2NO3. The normalized spacial score (nSPS) is 13.9. The molecule has 1 saturated carbocycles. The number of nitrogens with zero attached hydrogens (tertiary/aromatic N) is 1. The van der Waals surface area contributed by atoms with Gasteiger partial charge in [-0.15, -0.1) is 0 Å². The molecule has 0 atom stereocenters. The molecular weight excluding hydrogens is 304 g/mol. The first kappa shape index (κ1) is 15.7. The van der Waals surface area contributed by atoms with E-state index >= 15 is 0 Å². The van der Waals surface area contributed by atoms with Gasteiger partial charge in [-0.2, -0.15) is 0 Å². The third-order valence-electron chi connectivity index (χ3n) is 3.09. The highest BCUT2D eigenvalue weighted by Crippen LogP contribution is 2.30. The smallest absolute Gasteiger partial charge is 0.325 e. The van der Waals surface area contributed by atoms with Crippen molar-refractivity contribution >= 4 is 23.5 Å². The molecule has 114 valence electrons. The number of esters is 1. The van der Waals surface area contributed by atoms with Gasteiger partial charge in [0.15, 0.2) is 11.6 Å². The molecule has 21 heavy (non-hydrogen) atoms. The Balaban J connectivity index is 2.22. The molecule has 0 aliphatic heterocycles. The highest BCUT2D eigenvalue weighted by atomic mass is 35.5. The van der Waals surface area contributed by atoms with Crippen LogP contribution in [-0.2, 0) is 9.53 Å². The van der Waals surface area contributed by atoms with E-state index in [1.807, 2.05) is 0 Å². The summed E-state index contributed by atoms with van der Waals surface area (Å²) in [5.74, 6) is -3.43. The summed E-state index contributed by atoms with van der Waals surface area (Å²) in [6.45, 7) is 1.64. The highest BCUT2D eigenvalue weighted by Gasteiger charge is 2.35. The van der Waals surface area contributed by atoms with Gasteiger partial charge in [0.25, 0.3) is 5.91 Å². The number of hydrogen-bond acceptors (Lipinski definition) is 3. The Hall–Kier alpha value is -1.69. The molecule has 4 nitrogen and oxygen atoms in total. The molecule has 1 fully saturated rings. The summed E-state index contributed by atoms with van der Waals surface area (Å²) in [7, 11) is 0. The largest absolute Gasteiger partial charge is 0.465 e. The molecule has 0 spiro atoms. The van der Waals surface area contributed by atoms with Gasteiger partial charge in [-0.05, 0) is 31.9 Å². The number of carbonyl (C=O) groups is 2. The van der Waals surface area contributed by atoms with Gasteiger partial charge in [0.1, 0.15) is 6.54 Å². The molecule has 2 rings (SSSR count). The fraction of sp³-hybridized carbons (Fsp3) is 0.429. The van der Waals surface area contributed by atoms with E-state index in [0.717, 1.165) is 25.0 Å². The molecule has 1 aromatic rings. The van der Waals surface area contributed by atoms with E-state index in [0.29, 0.717) is 0 Å². The zero-order chi connectivity index (χ0) is 15.6. The van der Waals surface area contributed by atoms with Crippen molar-refractivity contribution in [3.8, 4) is 0 Å². The maximum absolute atomic E-state index is 13.3. The van der Waals surface area contributed by atoms with Gasteiger partial charge in [-0.1, -0.05) is 11.6 Å². The van der Waals surface area contributed by atoms with Gasteiger partial charge >= 0.3 is 5.97 Å². The van der Waals surface area contributed by atoms with Crippen molar-refractivity contribution in [1.82, 2.24) is 4.90 Å². The number of rotatable bonds is 5. The van der Waals surface area contributed by atoms with Gasteiger partial charge in [0, 0.05) is 6.04 Å². The van der Waals surface area contributed by atoms with Crippen LogP contribution in [-0.4, -0.2) is 36.0 Å². The number of hydrogen-bond donors (Lipinski definition) is 0. The van der Waals surface area contributed by atoms with Gasteiger partial charge < -0.3 is 9.64 Å². The Morgan fingerprint density at radius 3 is 2.52 bits per heavy atom. The van der Waals surface area contributed by atoms with Crippen LogP contribution in [0.3, 0.4) is 0 Å². The molecule has 0 heterocycles. The second kappa shape index (κ2) is 6.39. The van der Waals surface area contributed by atoms with E-state index in [9.17, 15) is 18.4 Å². The molecule has 0 aromatic heterocycles. The Morgan fingerprint density at radius 1 is 1.33 bits per heavy atom. The van der Waals surface area contributed by atoms with Gasteiger partial charge in [-0.25, -0.2) is 8.78 Å². The lowest BCUT2D eigenvalue weighted by Crippen LogP contribution is -2.38. The van der Waals surface area contributed by atoms with Gasteiger partial charge in [-0.3, -0.25) is 9.59 Å². The van der Waals surface area contributed by atoms with Crippen LogP contribution in [0, 0.1) is 11.6 Å². The fourth-order valence-corrected chi connectivity index (χ4v) is 2.17. The second-order valence-corrected chi connectivity index (χ2v) is 5.12. The quantitative estimate of drug-likeness (QED) is 0.620. The van der Waals surface area contributed by atoms with Crippen molar-refractivity contribution in [3.63, 3.8) is 0 Å². The standard InChI is InChI=1S/C14H14ClF2NO3/c1-2-21-13(19)7-18(8-3-4-8)14(20)9-5-11(16)12(17)6-10(9)15/h5-6,8H,2-4,7H2,1H3. The van der Waals surface area contributed by atoms with Crippen LogP contribution in [0.25, 0.3) is 0 Å². The molecule has 1 amide bonds. The number of ether oxygens (including phenoxy) is 1. The minimum Gasteiger partial charge on any atom is -0.465 e. The van der Waals surface area contributed by atoms with E-state index in [4.69, 9.17) is 16.3 Å². The van der Waals surface area contributed by atoms with Crippen LogP contribution in [0.15, 0.2) is 12.1 Å². The topological polar surface area (TPSA) is 46.6 Å². The average molecular weight is 318 g/mol. The Labute approximate surface area is 125 Å².